The molecule has 0 heterocycles. The first kappa shape index (κ1) is 13.7. The average molecular weight is 274 g/mol. The van der Waals surface area contributed by atoms with Crippen molar-refractivity contribution < 1.29 is 23.8 Å². The molecule has 0 saturated carbocycles. The van der Waals surface area contributed by atoms with E-state index in [9.17, 15) is 19.1 Å². The number of phenolic OH excluding ortho intramolecular Hbond substituents is 1. The largest absolute Gasteiger partial charge is 0.507 e. The van der Waals surface area contributed by atoms with E-state index in [0.29, 0.717) is 11.8 Å². The Morgan fingerprint density at radius 2 is 2.00 bits per heavy atom. The molecule has 2 aromatic carbocycles. The number of rotatable bonds is 3. The van der Waals surface area contributed by atoms with Gasteiger partial charge in [-0.2, -0.15) is 0 Å². The lowest BCUT2D eigenvalue weighted by atomic mass is 10.0. The van der Waals surface area contributed by atoms with Crippen LogP contribution in [0.25, 0.3) is 11.1 Å². The first-order valence-corrected chi connectivity index (χ1v) is 5.73. The highest BCUT2D eigenvalue weighted by Gasteiger charge is 2.12. The van der Waals surface area contributed by atoms with E-state index in [-0.39, 0.29) is 22.4 Å². The lowest BCUT2D eigenvalue weighted by Gasteiger charge is -2.07. The van der Waals surface area contributed by atoms with Crippen molar-refractivity contribution in [3.63, 3.8) is 0 Å². The van der Waals surface area contributed by atoms with E-state index in [4.69, 9.17) is 0 Å². The molecule has 0 aliphatic rings. The fourth-order valence-corrected chi connectivity index (χ4v) is 1.80. The second kappa shape index (κ2) is 5.52. The minimum Gasteiger partial charge on any atom is -0.507 e. The molecule has 0 unspecified atom stereocenters. The molecule has 1 N–H and O–H groups in total. The van der Waals surface area contributed by atoms with Crippen LogP contribution < -0.4 is 0 Å². The van der Waals surface area contributed by atoms with Gasteiger partial charge in [-0.25, -0.2) is 9.18 Å². The van der Waals surface area contributed by atoms with Gasteiger partial charge < -0.3 is 9.84 Å². The predicted molar refractivity (Wildman–Crippen MR) is 70.2 cm³/mol. The molecule has 0 fully saturated rings. The van der Waals surface area contributed by atoms with Gasteiger partial charge in [0.05, 0.1) is 18.2 Å². The Morgan fingerprint density at radius 1 is 1.25 bits per heavy atom. The number of carbonyl (C=O) groups is 2. The molecule has 0 bridgehead atoms. The Hall–Kier alpha value is -2.69. The smallest absolute Gasteiger partial charge is 0.337 e. The van der Waals surface area contributed by atoms with Crippen LogP contribution in [0.15, 0.2) is 36.4 Å². The quantitative estimate of drug-likeness (QED) is 0.690. The maximum atomic E-state index is 13.8. The van der Waals surface area contributed by atoms with Gasteiger partial charge in [0.25, 0.3) is 0 Å². The maximum Gasteiger partial charge on any atom is 0.337 e. The number of benzene rings is 2. The van der Waals surface area contributed by atoms with Crippen LogP contribution in [0.1, 0.15) is 20.7 Å². The molecule has 0 atom stereocenters. The first-order chi connectivity index (χ1) is 9.56. The summed E-state index contributed by atoms with van der Waals surface area (Å²) in [6, 6.07) is 7.92. The zero-order chi connectivity index (χ0) is 14.7. The highest BCUT2D eigenvalue weighted by atomic mass is 19.1. The van der Waals surface area contributed by atoms with E-state index in [1.165, 1.54) is 37.4 Å². The molecule has 0 saturated heterocycles. The first-order valence-electron chi connectivity index (χ1n) is 5.73. The van der Waals surface area contributed by atoms with E-state index < -0.39 is 11.8 Å². The third-order valence-electron chi connectivity index (χ3n) is 2.86. The topological polar surface area (TPSA) is 63.6 Å². The van der Waals surface area contributed by atoms with Gasteiger partial charge in [0.1, 0.15) is 11.6 Å². The van der Waals surface area contributed by atoms with Gasteiger partial charge in [0.2, 0.25) is 0 Å². The Labute approximate surface area is 114 Å². The number of aromatic hydroxyl groups is 1. The molecular formula is C15H11FO4. The third kappa shape index (κ3) is 2.51. The number of phenols is 1. The SMILES string of the molecule is COC(=O)c1ccc(F)c(-c2ccc(C=O)c(O)c2)c1. The molecule has 5 heteroatoms. The van der Waals surface area contributed by atoms with Crippen LogP contribution in [0.5, 0.6) is 5.75 Å². The zero-order valence-electron chi connectivity index (χ0n) is 10.6. The number of carbonyl (C=O) groups excluding carboxylic acids is 2. The number of halogens is 1. The Balaban J connectivity index is 2.54. The summed E-state index contributed by atoms with van der Waals surface area (Å²) in [7, 11) is 1.23. The highest BCUT2D eigenvalue weighted by molar-refractivity contribution is 5.91. The monoisotopic (exact) mass is 274 g/mol. The highest BCUT2D eigenvalue weighted by Crippen LogP contribution is 2.28. The minimum absolute atomic E-state index is 0.110. The van der Waals surface area contributed by atoms with E-state index in [2.05, 4.69) is 4.74 Å². The molecule has 0 aromatic heterocycles. The van der Waals surface area contributed by atoms with Crippen molar-refractivity contribution in [2.75, 3.05) is 7.11 Å². The summed E-state index contributed by atoms with van der Waals surface area (Å²) in [5, 5.41) is 9.62. The van der Waals surface area contributed by atoms with Crippen LogP contribution in [0.2, 0.25) is 0 Å². The van der Waals surface area contributed by atoms with Gasteiger partial charge in [-0.05, 0) is 35.9 Å². The van der Waals surface area contributed by atoms with Crippen molar-refractivity contribution in [1.29, 1.82) is 0 Å². The van der Waals surface area contributed by atoms with Gasteiger partial charge >= 0.3 is 5.97 Å². The van der Waals surface area contributed by atoms with Crippen LogP contribution in [-0.2, 0) is 4.74 Å². The van der Waals surface area contributed by atoms with Crippen molar-refractivity contribution in [3.05, 3.63) is 53.3 Å². The fraction of sp³-hybridized carbons (Fsp3) is 0.0667. The van der Waals surface area contributed by atoms with E-state index in [0.717, 1.165) is 6.07 Å². The van der Waals surface area contributed by atoms with Crippen molar-refractivity contribution >= 4 is 12.3 Å². The van der Waals surface area contributed by atoms with Crippen molar-refractivity contribution in [2.45, 2.75) is 0 Å². The molecule has 0 aliphatic heterocycles. The van der Waals surface area contributed by atoms with Crippen LogP contribution in [0.3, 0.4) is 0 Å². The number of hydrogen-bond donors (Lipinski definition) is 1. The van der Waals surface area contributed by atoms with Crippen LogP contribution in [0.4, 0.5) is 4.39 Å². The summed E-state index contributed by atoms with van der Waals surface area (Å²) in [5.74, 6) is -1.38. The Morgan fingerprint density at radius 3 is 2.60 bits per heavy atom. The lowest BCUT2D eigenvalue weighted by Crippen LogP contribution is -2.02. The summed E-state index contributed by atoms with van der Waals surface area (Å²) in [4.78, 5) is 22.1. The zero-order valence-corrected chi connectivity index (χ0v) is 10.6. The molecule has 2 aromatic rings. The summed E-state index contributed by atoms with van der Waals surface area (Å²) < 4.78 is 18.4. The van der Waals surface area contributed by atoms with E-state index in [1.807, 2.05) is 0 Å². The summed E-state index contributed by atoms with van der Waals surface area (Å²) >= 11 is 0. The summed E-state index contributed by atoms with van der Waals surface area (Å²) in [5.41, 5.74) is 0.804. The molecule has 0 spiro atoms. The second-order valence-corrected chi connectivity index (χ2v) is 4.08. The third-order valence-corrected chi connectivity index (χ3v) is 2.86. The number of hydrogen-bond acceptors (Lipinski definition) is 4. The average Bonchev–Trinajstić information content (AvgIpc) is 2.46. The number of aldehydes is 1. The molecule has 0 amide bonds. The van der Waals surface area contributed by atoms with Crippen LogP contribution >= 0.6 is 0 Å². The second-order valence-electron chi connectivity index (χ2n) is 4.08. The predicted octanol–water partition coefficient (Wildman–Crippen LogP) is 2.80. The maximum absolute atomic E-state index is 13.8. The van der Waals surface area contributed by atoms with Crippen LogP contribution in [0, 0.1) is 5.82 Å². The minimum atomic E-state index is -0.583. The van der Waals surface area contributed by atoms with Gasteiger partial charge in [-0.15, -0.1) is 0 Å². The van der Waals surface area contributed by atoms with E-state index >= 15 is 0 Å². The van der Waals surface area contributed by atoms with E-state index in [1.54, 1.807) is 0 Å². The number of ether oxygens (including phenoxy) is 1. The summed E-state index contributed by atoms with van der Waals surface area (Å²) in [6.45, 7) is 0. The molecule has 2 rings (SSSR count). The van der Waals surface area contributed by atoms with Gasteiger partial charge in [-0.1, -0.05) is 6.07 Å². The molecule has 0 radical (unpaired) electrons. The van der Waals surface area contributed by atoms with Gasteiger partial charge in [0, 0.05) is 5.56 Å². The molecule has 4 nitrogen and oxygen atoms in total. The van der Waals surface area contributed by atoms with Gasteiger partial charge in [-0.3, -0.25) is 4.79 Å². The van der Waals surface area contributed by atoms with Crippen molar-refractivity contribution in [2.24, 2.45) is 0 Å². The number of methoxy groups -OCH3 is 1. The van der Waals surface area contributed by atoms with Crippen molar-refractivity contribution in [1.82, 2.24) is 0 Å². The Kier molecular flexibility index (Phi) is 3.79. The fourth-order valence-electron chi connectivity index (χ4n) is 1.80. The van der Waals surface area contributed by atoms with Crippen molar-refractivity contribution in [3.8, 4) is 16.9 Å². The molecular weight excluding hydrogens is 263 g/mol. The molecule has 0 aliphatic carbocycles. The molecule has 20 heavy (non-hydrogen) atoms. The summed E-state index contributed by atoms with van der Waals surface area (Å²) in [6.07, 6.45) is 0.500. The normalized spacial score (nSPS) is 10.1. The number of esters is 1. The van der Waals surface area contributed by atoms with Crippen LogP contribution in [-0.4, -0.2) is 24.5 Å². The lowest BCUT2D eigenvalue weighted by molar-refractivity contribution is 0.0600. The van der Waals surface area contributed by atoms with Gasteiger partial charge in [0.15, 0.2) is 6.29 Å². The Bertz CT molecular complexity index is 680. The molecule has 102 valence electrons. The standard InChI is InChI=1S/C15H11FO4/c1-20-15(19)10-4-5-13(16)12(6-10)9-2-3-11(8-17)14(18)7-9/h2-8,18H,1H3.